The molecule has 2 aromatic carbocycles. The topological polar surface area (TPSA) is 84.7 Å². The number of aliphatic carboxylic acids is 1. The number of nitrogens with zero attached hydrogens (tertiary/aromatic N) is 3. The van der Waals surface area contributed by atoms with Crippen molar-refractivity contribution in [2.45, 2.75) is 64.0 Å². The normalized spacial score (nSPS) is 20.7. The van der Waals surface area contributed by atoms with E-state index in [-0.39, 0.29) is 29.8 Å². The van der Waals surface area contributed by atoms with Gasteiger partial charge in [-0.25, -0.2) is 14.2 Å². The number of hydrogen-bond donors (Lipinski definition) is 1. The molecule has 1 N–H and O–H groups in total. The number of imidazole rings is 1. The number of rotatable bonds is 5. The Morgan fingerprint density at radius 2 is 1.92 bits per heavy atom. The van der Waals surface area contributed by atoms with Crippen LogP contribution < -0.4 is 0 Å². The lowest BCUT2D eigenvalue weighted by atomic mass is 9.81. The molecule has 1 fully saturated rings. The molecule has 0 saturated heterocycles. The zero-order valence-corrected chi connectivity index (χ0v) is 20.7. The molecule has 5 rings (SSSR count). The van der Waals surface area contributed by atoms with E-state index in [2.05, 4.69) is 23.6 Å². The Balaban J connectivity index is 1.57. The minimum Gasteiger partial charge on any atom is -0.481 e. The Morgan fingerprint density at radius 3 is 2.61 bits per heavy atom. The van der Waals surface area contributed by atoms with Crippen molar-refractivity contribution < 1.29 is 23.8 Å². The van der Waals surface area contributed by atoms with Crippen LogP contribution in [0.1, 0.15) is 67.1 Å². The van der Waals surface area contributed by atoms with Crippen molar-refractivity contribution in [2.75, 3.05) is 13.7 Å². The Kier molecular flexibility index (Phi) is 6.69. The Hall–Kier alpha value is -3.42. The molecule has 7 nitrogen and oxygen atoms in total. The van der Waals surface area contributed by atoms with E-state index in [4.69, 9.17) is 9.72 Å². The third-order valence-corrected chi connectivity index (χ3v) is 7.88. The molecule has 0 unspecified atom stereocenters. The van der Waals surface area contributed by atoms with Gasteiger partial charge in [0.05, 0.1) is 30.6 Å². The molecule has 3 aromatic rings. The molecule has 1 atom stereocenters. The highest BCUT2D eigenvalue weighted by atomic mass is 19.1. The molecular formula is C28H32FN3O4. The lowest BCUT2D eigenvalue weighted by Gasteiger charge is -2.28. The summed E-state index contributed by atoms with van der Waals surface area (Å²) in [6.45, 7) is 3.12. The number of ether oxygens (including phenoxy) is 1. The standard InChI is InChI=1S/C28H32FN3O4/c1-17(15-21-5-3-4-6-23(21)29)32-24-12-11-18-13-14-31(28(35)36-2)16-22(18)25(24)30-26(32)19-7-9-20(10-8-19)27(33)34/h3-6,11-12,17,19-20H,7-10,13-16H2,1-2H3,(H,33,34)/t17-,19?,20?/m0/s1. The van der Waals surface area contributed by atoms with Gasteiger partial charge in [0.25, 0.3) is 0 Å². The summed E-state index contributed by atoms with van der Waals surface area (Å²) in [4.78, 5) is 30.6. The second kappa shape index (κ2) is 9.91. The van der Waals surface area contributed by atoms with E-state index >= 15 is 0 Å². The van der Waals surface area contributed by atoms with Gasteiger partial charge in [0.15, 0.2) is 0 Å². The number of benzene rings is 2. The molecular weight excluding hydrogens is 461 g/mol. The summed E-state index contributed by atoms with van der Waals surface area (Å²) < 4.78 is 21.7. The van der Waals surface area contributed by atoms with Gasteiger partial charge in [-0.05, 0) is 68.7 Å². The van der Waals surface area contributed by atoms with E-state index in [0.29, 0.717) is 37.9 Å². The lowest BCUT2D eigenvalue weighted by molar-refractivity contribution is -0.142. The molecule has 0 radical (unpaired) electrons. The van der Waals surface area contributed by atoms with Crippen LogP contribution in [0, 0.1) is 11.7 Å². The van der Waals surface area contributed by atoms with Crippen LogP contribution in [0.2, 0.25) is 0 Å². The van der Waals surface area contributed by atoms with Crippen LogP contribution in [0.25, 0.3) is 11.0 Å². The minimum atomic E-state index is -0.730. The third-order valence-electron chi connectivity index (χ3n) is 7.88. The van der Waals surface area contributed by atoms with E-state index in [1.165, 1.54) is 18.7 Å². The molecule has 1 aliphatic carbocycles. The van der Waals surface area contributed by atoms with Crippen LogP contribution in [-0.2, 0) is 28.9 Å². The highest BCUT2D eigenvalue weighted by molar-refractivity contribution is 5.82. The zero-order valence-electron chi connectivity index (χ0n) is 20.7. The van der Waals surface area contributed by atoms with Crippen LogP contribution in [0.5, 0.6) is 0 Å². The van der Waals surface area contributed by atoms with Gasteiger partial charge < -0.3 is 19.3 Å². The Morgan fingerprint density at radius 1 is 1.17 bits per heavy atom. The molecule has 1 aromatic heterocycles. The highest BCUT2D eigenvalue weighted by Gasteiger charge is 2.32. The maximum absolute atomic E-state index is 14.5. The van der Waals surface area contributed by atoms with Crippen molar-refractivity contribution in [1.29, 1.82) is 0 Å². The molecule has 1 saturated carbocycles. The average Bonchev–Trinajstić information content (AvgIpc) is 3.29. The molecule has 2 aliphatic rings. The smallest absolute Gasteiger partial charge is 0.409 e. The number of carboxylic acid groups (broad SMARTS) is 1. The van der Waals surface area contributed by atoms with Crippen LogP contribution in [0.15, 0.2) is 36.4 Å². The first-order chi connectivity index (χ1) is 17.4. The highest BCUT2D eigenvalue weighted by Crippen LogP contribution is 2.40. The van der Waals surface area contributed by atoms with Gasteiger partial charge in [0, 0.05) is 24.1 Å². The molecule has 2 heterocycles. The van der Waals surface area contributed by atoms with Crippen molar-refractivity contribution in [2.24, 2.45) is 5.92 Å². The van der Waals surface area contributed by atoms with Crippen molar-refractivity contribution in [3.05, 3.63) is 64.7 Å². The van der Waals surface area contributed by atoms with Crippen molar-refractivity contribution in [3.63, 3.8) is 0 Å². The van der Waals surface area contributed by atoms with Gasteiger partial charge in [-0.3, -0.25) is 4.79 Å². The summed E-state index contributed by atoms with van der Waals surface area (Å²) >= 11 is 0. The van der Waals surface area contributed by atoms with Gasteiger partial charge in [-0.1, -0.05) is 24.3 Å². The third kappa shape index (κ3) is 4.45. The van der Waals surface area contributed by atoms with Crippen LogP contribution in [0.3, 0.4) is 0 Å². The second-order valence-electron chi connectivity index (χ2n) is 10.1. The summed E-state index contributed by atoms with van der Waals surface area (Å²) in [5.74, 6) is -0.195. The molecule has 0 bridgehead atoms. The van der Waals surface area contributed by atoms with Crippen LogP contribution >= 0.6 is 0 Å². The van der Waals surface area contributed by atoms with Gasteiger partial charge in [-0.15, -0.1) is 0 Å². The molecule has 190 valence electrons. The van der Waals surface area contributed by atoms with Gasteiger partial charge in [0.2, 0.25) is 0 Å². The first-order valence-electron chi connectivity index (χ1n) is 12.7. The van der Waals surface area contributed by atoms with Crippen molar-refractivity contribution >= 4 is 23.1 Å². The quantitative estimate of drug-likeness (QED) is 0.510. The first-order valence-corrected chi connectivity index (χ1v) is 12.7. The molecule has 0 spiro atoms. The number of methoxy groups -OCH3 is 1. The predicted molar refractivity (Wildman–Crippen MR) is 133 cm³/mol. The predicted octanol–water partition coefficient (Wildman–Crippen LogP) is 5.46. The number of fused-ring (bicyclic) bond motifs is 3. The second-order valence-corrected chi connectivity index (χ2v) is 10.1. The van der Waals surface area contributed by atoms with E-state index in [1.54, 1.807) is 11.0 Å². The summed E-state index contributed by atoms with van der Waals surface area (Å²) in [5.41, 5.74) is 4.70. The fraction of sp³-hybridized carbons (Fsp3) is 0.464. The largest absolute Gasteiger partial charge is 0.481 e. The minimum absolute atomic E-state index is 0.0579. The Labute approximate surface area is 209 Å². The summed E-state index contributed by atoms with van der Waals surface area (Å²) in [6, 6.07) is 11.0. The first kappa shape index (κ1) is 24.3. The van der Waals surface area contributed by atoms with E-state index in [9.17, 15) is 19.1 Å². The number of halogens is 1. The summed E-state index contributed by atoms with van der Waals surface area (Å²) in [7, 11) is 1.39. The summed E-state index contributed by atoms with van der Waals surface area (Å²) in [6.07, 6.45) is 3.65. The van der Waals surface area contributed by atoms with Crippen molar-refractivity contribution in [3.8, 4) is 0 Å². The maximum atomic E-state index is 14.5. The number of hydrogen-bond acceptors (Lipinski definition) is 4. The number of carbonyl (C=O) groups is 2. The SMILES string of the molecule is COC(=O)N1CCc2ccc3c(nc(C4CCC(C(=O)O)CC4)n3[C@@H](C)Cc3ccccc3F)c2C1. The molecule has 1 amide bonds. The zero-order chi connectivity index (χ0) is 25.4. The summed E-state index contributed by atoms with van der Waals surface area (Å²) in [5, 5.41) is 9.47. The maximum Gasteiger partial charge on any atom is 0.409 e. The van der Waals surface area contributed by atoms with Gasteiger partial charge in [-0.2, -0.15) is 0 Å². The van der Waals surface area contributed by atoms with Gasteiger partial charge >= 0.3 is 12.1 Å². The fourth-order valence-corrected chi connectivity index (χ4v) is 5.92. The molecule has 1 aliphatic heterocycles. The van der Waals surface area contributed by atoms with E-state index in [1.807, 2.05) is 12.1 Å². The Bertz CT molecular complexity index is 1300. The number of carbonyl (C=O) groups excluding carboxylic acids is 1. The molecule has 36 heavy (non-hydrogen) atoms. The van der Waals surface area contributed by atoms with E-state index < -0.39 is 5.97 Å². The van der Waals surface area contributed by atoms with Crippen LogP contribution in [0.4, 0.5) is 9.18 Å². The number of amides is 1. The number of carboxylic acids is 1. The van der Waals surface area contributed by atoms with E-state index in [0.717, 1.165) is 41.7 Å². The van der Waals surface area contributed by atoms with Crippen LogP contribution in [-0.4, -0.2) is 45.3 Å². The van der Waals surface area contributed by atoms with Crippen molar-refractivity contribution in [1.82, 2.24) is 14.5 Å². The lowest BCUT2D eigenvalue weighted by Crippen LogP contribution is -2.35. The van der Waals surface area contributed by atoms with Gasteiger partial charge in [0.1, 0.15) is 11.6 Å². The average molecular weight is 494 g/mol. The molecule has 8 heteroatoms. The number of aromatic nitrogens is 2. The fourth-order valence-electron chi connectivity index (χ4n) is 5.92. The monoisotopic (exact) mass is 493 g/mol.